The summed E-state index contributed by atoms with van der Waals surface area (Å²) in [5.41, 5.74) is 1.23. The second kappa shape index (κ2) is 9.22. The van der Waals surface area contributed by atoms with E-state index in [0.717, 1.165) is 25.0 Å². The maximum Gasteiger partial charge on any atom is 0.416 e. The van der Waals surface area contributed by atoms with Crippen LogP contribution in [-0.4, -0.2) is 35.5 Å². The smallest absolute Gasteiger partial charge is 0.416 e. The summed E-state index contributed by atoms with van der Waals surface area (Å²) in [5.74, 6) is -1.53. The number of amides is 1. The van der Waals surface area contributed by atoms with Crippen LogP contribution in [0.2, 0.25) is 0 Å². The number of benzene rings is 2. The first-order chi connectivity index (χ1) is 15.1. The number of carbonyl (C=O) groups excluding carboxylic acids is 1. The fraction of sp³-hybridized carbons (Fsp3) is 0.417. The molecule has 0 spiro atoms. The Morgan fingerprint density at radius 2 is 1.78 bits per heavy atom. The molecular formula is C24H26F3NO4. The van der Waals surface area contributed by atoms with Crippen LogP contribution in [0.3, 0.4) is 0 Å². The number of nitrogens with zero attached hydrogens (tertiary/aromatic N) is 1. The van der Waals surface area contributed by atoms with Crippen molar-refractivity contribution in [1.82, 2.24) is 4.90 Å². The van der Waals surface area contributed by atoms with Gasteiger partial charge in [0.1, 0.15) is 5.75 Å². The molecule has 1 fully saturated rings. The van der Waals surface area contributed by atoms with E-state index in [1.807, 2.05) is 6.92 Å². The minimum Gasteiger partial charge on any atom is -0.496 e. The molecule has 0 saturated heterocycles. The van der Waals surface area contributed by atoms with Crippen molar-refractivity contribution in [2.24, 2.45) is 5.92 Å². The normalized spacial score (nSPS) is 14.7. The van der Waals surface area contributed by atoms with Gasteiger partial charge >= 0.3 is 12.1 Å². The van der Waals surface area contributed by atoms with Crippen molar-refractivity contribution in [3.63, 3.8) is 0 Å². The van der Waals surface area contributed by atoms with Crippen LogP contribution in [0.1, 0.15) is 49.3 Å². The van der Waals surface area contributed by atoms with E-state index in [4.69, 9.17) is 4.74 Å². The largest absolute Gasteiger partial charge is 0.496 e. The monoisotopic (exact) mass is 449 g/mol. The number of carboxylic acids is 1. The number of halogens is 3. The average molecular weight is 449 g/mol. The van der Waals surface area contributed by atoms with E-state index in [2.05, 4.69) is 0 Å². The van der Waals surface area contributed by atoms with Gasteiger partial charge in [-0.25, -0.2) is 0 Å². The Hall–Kier alpha value is -3.03. The summed E-state index contributed by atoms with van der Waals surface area (Å²) in [7, 11) is 1.44. The molecule has 0 heterocycles. The van der Waals surface area contributed by atoms with Crippen molar-refractivity contribution >= 4 is 11.9 Å². The van der Waals surface area contributed by atoms with Gasteiger partial charge in [0.25, 0.3) is 0 Å². The Kier molecular flexibility index (Phi) is 6.81. The quantitative estimate of drug-likeness (QED) is 0.592. The van der Waals surface area contributed by atoms with E-state index in [9.17, 15) is 27.9 Å². The third-order valence-electron chi connectivity index (χ3n) is 5.84. The highest BCUT2D eigenvalue weighted by Crippen LogP contribution is 2.41. The maximum atomic E-state index is 13.1. The zero-order valence-electron chi connectivity index (χ0n) is 18.2. The highest BCUT2D eigenvalue weighted by Gasteiger charge is 2.34. The van der Waals surface area contributed by atoms with E-state index in [0.29, 0.717) is 34.5 Å². The van der Waals surface area contributed by atoms with Crippen LogP contribution in [0.5, 0.6) is 5.75 Å². The molecule has 1 unspecified atom stereocenters. The molecule has 0 radical (unpaired) electrons. The Morgan fingerprint density at radius 1 is 1.16 bits per heavy atom. The van der Waals surface area contributed by atoms with Crippen LogP contribution in [0.25, 0.3) is 11.1 Å². The summed E-state index contributed by atoms with van der Waals surface area (Å²) in [4.78, 5) is 26.2. The lowest BCUT2D eigenvalue weighted by molar-refractivity contribution is -0.139. The van der Waals surface area contributed by atoms with E-state index >= 15 is 0 Å². The number of aliphatic carboxylic acids is 1. The highest BCUT2D eigenvalue weighted by molar-refractivity contribution is 5.84. The van der Waals surface area contributed by atoms with Gasteiger partial charge in [0.15, 0.2) is 0 Å². The number of rotatable bonds is 8. The third kappa shape index (κ3) is 4.89. The fourth-order valence-electron chi connectivity index (χ4n) is 3.79. The van der Waals surface area contributed by atoms with Crippen LogP contribution in [-0.2, 0) is 22.3 Å². The molecule has 1 saturated carbocycles. The van der Waals surface area contributed by atoms with E-state index in [1.54, 1.807) is 24.0 Å². The molecule has 1 aliphatic rings. The molecule has 32 heavy (non-hydrogen) atoms. The van der Waals surface area contributed by atoms with Crippen molar-refractivity contribution in [2.45, 2.75) is 45.3 Å². The topological polar surface area (TPSA) is 66.8 Å². The lowest BCUT2D eigenvalue weighted by atomic mass is 9.88. The second-order valence-corrected chi connectivity index (χ2v) is 7.97. The van der Waals surface area contributed by atoms with Gasteiger partial charge in [-0.15, -0.1) is 0 Å². The van der Waals surface area contributed by atoms with Crippen LogP contribution in [0.4, 0.5) is 13.2 Å². The first kappa shape index (κ1) is 23.6. The molecule has 3 rings (SSSR count). The zero-order valence-corrected chi connectivity index (χ0v) is 18.2. The van der Waals surface area contributed by atoms with Crippen LogP contribution in [0.15, 0.2) is 36.4 Å². The van der Waals surface area contributed by atoms with E-state index < -0.39 is 23.6 Å². The zero-order chi connectivity index (χ0) is 23.6. The molecule has 0 aromatic heterocycles. The first-order valence-electron chi connectivity index (χ1n) is 10.5. The second-order valence-electron chi connectivity index (χ2n) is 7.97. The summed E-state index contributed by atoms with van der Waals surface area (Å²) in [5, 5.41) is 9.64. The van der Waals surface area contributed by atoms with E-state index in [-0.39, 0.29) is 18.4 Å². The molecule has 8 heteroatoms. The molecule has 0 aliphatic heterocycles. The van der Waals surface area contributed by atoms with Gasteiger partial charge in [-0.3, -0.25) is 9.59 Å². The summed E-state index contributed by atoms with van der Waals surface area (Å²) in [6, 6.07) is 7.93. The van der Waals surface area contributed by atoms with E-state index in [1.165, 1.54) is 19.2 Å². The maximum absolute atomic E-state index is 13.1. The first-order valence-corrected chi connectivity index (χ1v) is 10.5. The van der Waals surface area contributed by atoms with Gasteiger partial charge in [0.2, 0.25) is 5.91 Å². The predicted octanol–water partition coefficient (Wildman–Crippen LogP) is 5.33. The van der Waals surface area contributed by atoms with Gasteiger partial charge in [-0.1, -0.05) is 18.2 Å². The standard InChI is InChI=1S/C24H26F3NO4/c1-4-28(22(29)16-5-6-16)13-19-18(14(2)23(30)31)11-12-20(32-3)21(19)15-7-9-17(10-8-15)24(25,26)27/h7-12,14,16H,4-6,13H2,1-3H3,(H,30,31). The summed E-state index contributed by atoms with van der Waals surface area (Å²) >= 11 is 0. The van der Waals surface area contributed by atoms with Gasteiger partial charge in [-0.05, 0) is 61.6 Å². The summed E-state index contributed by atoms with van der Waals surface area (Å²) in [6.45, 7) is 3.97. The number of carbonyl (C=O) groups is 2. The minimum absolute atomic E-state index is 0.00242. The molecule has 1 aliphatic carbocycles. The predicted molar refractivity (Wildman–Crippen MR) is 113 cm³/mol. The van der Waals surface area contributed by atoms with Gasteiger partial charge in [-0.2, -0.15) is 13.2 Å². The lowest BCUT2D eigenvalue weighted by Crippen LogP contribution is -2.32. The van der Waals surface area contributed by atoms with Crippen molar-refractivity contribution in [1.29, 1.82) is 0 Å². The van der Waals surface area contributed by atoms with Crippen LogP contribution in [0, 0.1) is 5.92 Å². The third-order valence-corrected chi connectivity index (χ3v) is 5.84. The lowest BCUT2D eigenvalue weighted by Gasteiger charge is -2.27. The van der Waals surface area contributed by atoms with Crippen molar-refractivity contribution in [2.75, 3.05) is 13.7 Å². The van der Waals surface area contributed by atoms with Crippen molar-refractivity contribution in [3.05, 3.63) is 53.1 Å². The Bertz CT molecular complexity index is 998. The summed E-state index contributed by atoms with van der Waals surface area (Å²) < 4.78 is 44.7. The van der Waals surface area contributed by atoms with Crippen molar-refractivity contribution < 1.29 is 32.6 Å². The molecule has 2 aromatic rings. The highest BCUT2D eigenvalue weighted by atomic mass is 19.4. The molecule has 172 valence electrons. The average Bonchev–Trinajstić information content (AvgIpc) is 3.60. The van der Waals surface area contributed by atoms with Crippen LogP contribution >= 0.6 is 0 Å². The number of methoxy groups -OCH3 is 1. The molecule has 1 N–H and O–H groups in total. The van der Waals surface area contributed by atoms with Crippen molar-refractivity contribution in [3.8, 4) is 16.9 Å². The number of hydrogen-bond acceptors (Lipinski definition) is 3. The molecule has 1 atom stereocenters. The fourth-order valence-corrected chi connectivity index (χ4v) is 3.79. The minimum atomic E-state index is -4.47. The molecular weight excluding hydrogens is 423 g/mol. The Morgan fingerprint density at radius 3 is 2.25 bits per heavy atom. The van der Waals surface area contributed by atoms with Gasteiger partial charge < -0.3 is 14.7 Å². The number of hydrogen-bond donors (Lipinski definition) is 1. The number of ether oxygens (including phenoxy) is 1. The summed E-state index contributed by atoms with van der Waals surface area (Å²) in [6.07, 6.45) is -2.81. The van der Waals surface area contributed by atoms with Crippen LogP contribution < -0.4 is 4.74 Å². The van der Waals surface area contributed by atoms with Gasteiger partial charge in [0.05, 0.1) is 18.6 Å². The molecule has 1 amide bonds. The molecule has 2 aromatic carbocycles. The van der Waals surface area contributed by atoms with Gasteiger partial charge in [0, 0.05) is 24.6 Å². The Labute approximate surface area is 184 Å². The Balaban J connectivity index is 2.17. The molecule has 5 nitrogen and oxygen atoms in total. The molecule has 0 bridgehead atoms. The number of alkyl halides is 3. The SMILES string of the molecule is CCN(Cc1c(C(C)C(=O)O)ccc(OC)c1-c1ccc(C(F)(F)F)cc1)C(=O)C1CC1. The number of carboxylic acid groups (broad SMARTS) is 1.